The third kappa shape index (κ3) is 4.26. The van der Waals surface area contributed by atoms with Gasteiger partial charge in [-0.05, 0) is 36.5 Å². The number of benzene rings is 1. The van der Waals surface area contributed by atoms with Crippen LogP contribution in [0.15, 0.2) is 28.7 Å². The van der Waals surface area contributed by atoms with E-state index < -0.39 is 10.2 Å². The van der Waals surface area contributed by atoms with E-state index in [2.05, 4.69) is 20.7 Å². The summed E-state index contributed by atoms with van der Waals surface area (Å²) in [6.45, 7) is 1.36. The normalized spacial score (nSPS) is 18.3. The molecule has 1 fully saturated rings. The molecule has 0 spiro atoms. The van der Waals surface area contributed by atoms with Gasteiger partial charge >= 0.3 is 0 Å². The molecule has 20 heavy (non-hydrogen) atoms. The first-order valence-corrected chi connectivity index (χ1v) is 8.84. The molecule has 1 aromatic rings. The lowest BCUT2D eigenvalue weighted by molar-refractivity contribution is 0.169. The van der Waals surface area contributed by atoms with Crippen LogP contribution in [-0.2, 0) is 16.8 Å². The maximum Gasteiger partial charge on any atom is 0.279 e. The molecule has 1 saturated heterocycles. The smallest absolute Gasteiger partial charge is 0.279 e. The van der Waals surface area contributed by atoms with E-state index in [1.807, 2.05) is 24.3 Å². The Balaban J connectivity index is 1.91. The number of hydrogen-bond acceptors (Lipinski definition) is 3. The molecule has 0 saturated carbocycles. The van der Waals surface area contributed by atoms with Gasteiger partial charge in [0.25, 0.3) is 10.2 Å². The number of halogens is 1. The van der Waals surface area contributed by atoms with Gasteiger partial charge in [0.1, 0.15) is 0 Å². The van der Waals surface area contributed by atoms with Crippen molar-refractivity contribution in [2.24, 2.45) is 5.92 Å². The quantitative estimate of drug-likeness (QED) is 0.833. The van der Waals surface area contributed by atoms with Crippen molar-refractivity contribution in [2.75, 3.05) is 19.7 Å². The van der Waals surface area contributed by atoms with Gasteiger partial charge < -0.3 is 5.11 Å². The lowest BCUT2D eigenvalue weighted by Gasteiger charge is -2.30. The van der Waals surface area contributed by atoms with Crippen molar-refractivity contribution in [2.45, 2.75) is 19.4 Å². The highest BCUT2D eigenvalue weighted by atomic mass is 79.9. The molecule has 1 aromatic carbocycles. The van der Waals surface area contributed by atoms with Crippen LogP contribution in [0.4, 0.5) is 0 Å². The average Bonchev–Trinajstić information content (AvgIpc) is 2.45. The Kier molecular flexibility index (Phi) is 5.57. The molecule has 0 aromatic heterocycles. The van der Waals surface area contributed by atoms with Crippen LogP contribution in [-0.4, -0.2) is 37.5 Å². The van der Waals surface area contributed by atoms with Crippen molar-refractivity contribution in [1.82, 2.24) is 9.03 Å². The van der Waals surface area contributed by atoms with Crippen LogP contribution in [0.2, 0.25) is 0 Å². The summed E-state index contributed by atoms with van der Waals surface area (Å²) in [7, 11) is -3.44. The minimum Gasteiger partial charge on any atom is -0.396 e. The number of nitrogens with zero attached hydrogens (tertiary/aromatic N) is 1. The number of aliphatic hydroxyl groups is 1. The maximum absolute atomic E-state index is 12.2. The lowest BCUT2D eigenvalue weighted by Crippen LogP contribution is -2.45. The van der Waals surface area contributed by atoms with Gasteiger partial charge in [0.2, 0.25) is 0 Å². The van der Waals surface area contributed by atoms with Crippen molar-refractivity contribution in [3.8, 4) is 0 Å². The van der Waals surface area contributed by atoms with E-state index >= 15 is 0 Å². The lowest BCUT2D eigenvalue weighted by atomic mass is 10.00. The molecule has 2 N–H and O–H groups in total. The summed E-state index contributed by atoms with van der Waals surface area (Å²) in [6.07, 6.45) is 1.43. The highest BCUT2D eigenvalue weighted by Crippen LogP contribution is 2.18. The standard InChI is InChI=1S/C13H19BrN2O3S/c14-13-3-1-2-12(8-13)9-15-20(18,19)16-6-4-11(10-17)5-7-16/h1-3,8,11,15,17H,4-7,9-10H2. The zero-order valence-electron chi connectivity index (χ0n) is 11.1. The van der Waals surface area contributed by atoms with E-state index in [0.717, 1.165) is 10.0 Å². The first kappa shape index (κ1) is 15.9. The highest BCUT2D eigenvalue weighted by molar-refractivity contribution is 9.10. The number of aliphatic hydroxyl groups excluding tert-OH is 1. The van der Waals surface area contributed by atoms with Gasteiger partial charge in [-0.25, -0.2) is 0 Å². The van der Waals surface area contributed by atoms with E-state index in [0.29, 0.717) is 25.9 Å². The van der Waals surface area contributed by atoms with Crippen molar-refractivity contribution < 1.29 is 13.5 Å². The fraction of sp³-hybridized carbons (Fsp3) is 0.538. The average molecular weight is 363 g/mol. The molecule has 0 unspecified atom stereocenters. The summed E-state index contributed by atoms with van der Waals surface area (Å²) in [6, 6.07) is 7.55. The topological polar surface area (TPSA) is 69.6 Å². The molecule has 0 amide bonds. The molecule has 0 bridgehead atoms. The second-order valence-corrected chi connectivity index (χ2v) is 7.65. The van der Waals surface area contributed by atoms with Gasteiger partial charge in [-0.3, -0.25) is 0 Å². The molecule has 112 valence electrons. The molecule has 0 atom stereocenters. The van der Waals surface area contributed by atoms with Gasteiger partial charge in [-0.2, -0.15) is 17.4 Å². The predicted molar refractivity (Wildman–Crippen MR) is 81.3 cm³/mol. The molecule has 5 nitrogen and oxygen atoms in total. The van der Waals surface area contributed by atoms with Crippen LogP contribution in [0.1, 0.15) is 18.4 Å². The van der Waals surface area contributed by atoms with E-state index in [1.54, 1.807) is 0 Å². The Morgan fingerprint density at radius 1 is 1.35 bits per heavy atom. The summed E-state index contributed by atoms with van der Waals surface area (Å²) in [4.78, 5) is 0. The second kappa shape index (κ2) is 7.00. The van der Waals surface area contributed by atoms with Gasteiger partial charge in [-0.15, -0.1) is 0 Å². The summed E-state index contributed by atoms with van der Waals surface area (Å²) in [5, 5.41) is 9.07. The van der Waals surface area contributed by atoms with Crippen LogP contribution >= 0.6 is 15.9 Å². The van der Waals surface area contributed by atoms with E-state index in [9.17, 15) is 8.42 Å². The molecule has 2 rings (SSSR count). The molecule has 1 aliphatic heterocycles. The fourth-order valence-electron chi connectivity index (χ4n) is 2.24. The molecule has 1 aliphatic rings. The number of hydrogen-bond donors (Lipinski definition) is 2. The fourth-order valence-corrected chi connectivity index (χ4v) is 3.91. The van der Waals surface area contributed by atoms with Gasteiger partial charge in [0.15, 0.2) is 0 Å². The maximum atomic E-state index is 12.2. The molecular weight excluding hydrogens is 344 g/mol. The van der Waals surface area contributed by atoms with Crippen LogP contribution in [0.25, 0.3) is 0 Å². The molecule has 7 heteroatoms. The van der Waals surface area contributed by atoms with Crippen LogP contribution in [0.3, 0.4) is 0 Å². The highest BCUT2D eigenvalue weighted by Gasteiger charge is 2.27. The largest absolute Gasteiger partial charge is 0.396 e. The zero-order chi connectivity index (χ0) is 14.6. The van der Waals surface area contributed by atoms with Crippen molar-refractivity contribution in [1.29, 1.82) is 0 Å². The Morgan fingerprint density at radius 2 is 2.05 bits per heavy atom. The minimum atomic E-state index is -3.44. The first-order valence-electron chi connectivity index (χ1n) is 6.61. The van der Waals surface area contributed by atoms with Crippen LogP contribution in [0.5, 0.6) is 0 Å². The van der Waals surface area contributed by atoms with Gasteiger partial charge in [0, 0.05) is 30.7 Å². The Bertz CT molecular complexity index is 542. The van der Waals surface area contributed by atoms with Gasteiger partial charge in [-0.1, -0.05) is 28.1 Å². The van der Waals surface area contributed by atoms with Crippen molar-refractivity contribution in [3.63, 3.8) is 0 Å². The summed E-state index contributed by atoms with van der Waals surface area (Å²) in [5.74, 6) is 0.228. The minimum absolute atomic E-state index is 0.138. The van der Waals surface area contributed by atoms with Crippen molar-refractivity contribution in [3.05, 3.63) is 34.3 Å². The first-order chi connectivity index (χ1) is 9.51. The number of rotatable bonds is 5. The number of nitrogens with one attached hydrogen (secondary N) is 1. The molecule has 0 radical (unpaired) electrons. The summed E-state index contributed by atoms with van der Waals surface area (Å²) >= 11 is 3.36. The Morgan fingerprint density at radius 3 is 2.65 bits per heavy atom. The van der Waals surface area contributed by atoms with E-state index in [-0.39, 0.29) is 19.1 Å². The predicted octanol–water partition coefficient (Wildman–Crippen LogP) is 1.49. The SMILES string of the molecule is O=S(=O)(NCc1cccc(Br)c1)N1CCC(CO)CC1. The van der Waals surface area contributed by atoms with Crippen LogP contribution in [0, 0.1) is 5.92 Å². The second-order valence-electron chi connectivity index (χ2n) is 4.98. The Hall–Kier alpha value is -0.470. The van der Waals surface area contributed by atoms with E-state index in [1.165, 1.54) is 4.31 Å². The molecular formula is C13H19BrN2O3S. The summed E-state index contributed by atoms with van der Waals surface area (Å²) in [5.41, 5.74) is 0.910. The number of piperidine rings is 1. The van der Waals surface area contributed by atoms with Gasteiger partial charge in [0.05, 0.1) is 0 Å². The van der Waals surface area contributed by atoms with Crippen molar-refractivity contribution >= 4 is 26.1 Å². The molecule has 0 aliphatic carbocycles. The van der Waals surface area contributed by atoms with Crippen LogP contribution < -0.4 is 4.72 Å². The third-order valence-corrected chi connectivity index (χ3v) is 5.57. The van der Waals surface area contributed by atoms with E-state index in [4.69, 9.17) is 5.11 Å². The molecule has 1 heterocycles. The Labute approximate surface area is 128 Å². The summed E-state index contributed by atoms with van der Waals surface area (Å²) < 4.78 is 29.4. The third-order valence-electron chi connectivity index (χ3n) is 3.52. The monoisotopic (exact) mass is 362 g/mol. The zero-order valence-corrected chi connectivity index (χ0v) is 13.5.